The Hall–Kier alpha value is -0.530. The first-order valence-corrected chi connectivity index (χ1v) is 5.57. The molecule has 13 heavy (non-hydrogen) atoms. The first-order chi connectivity index (χ1) is 6.27. The lowest BCUT2D eigenvalue weighted by molar-refractivity contribution is -0.137. The van der Waals surface area contributed by atoms with E-state index in [0.29, 0.717) is 11.9 Å². The summed E-state index contributed by atoms with van der Waals surface area (Å²) in [6.07, 6.45) is 7.03. The monoisotopic (exact) mass is 181 g/mol. The van der Waals surface area contributed by atoms with Crippen molar-refractivity contribution in [1.29, 1.82) is 0 Å². The molecule has 0 aromatic heterocycles. The molecule has 1 heterocycles. The minimum Gasteiger partial charge on any atom is -0.339 e. The van der Waals surface area contributed by atoms with Crippen LogP contribution in [-0.4, -0.2) is 23.4 Å². The van der Waals surface area contributed by atoms with Crippen LogP contribution < -0.4 is 0 Å². The third kappa shape index (κ3) is 1.87. The first kappa shape index (κ1) is 9.04. The second-order valence-electron chi connectivity index (χ2n) is 4.63. The van der Waals surface area contributed by atoms with Crippen LogP contribution in [0.2, 0.25) is 0 Å². The van der Waals surface area contributed by atoms with Crippen LogP contribution >= 0.6 is 0 Å². The molecule has 1 unspecified atom stereocenters. The van der Waals surface area contributed by atoms with Crippen LogP contribution in [0.25, 0.3) is 0 Å². The number of carbonyl (C=O) groups is 1. The summed E-state index contributed by atoms with van der Waals surface area (Å²) in [5.41, 5.74) is 0. The van der Waals surface area contributed by atoms with Crippen molar-refractivity contribution in [2.75, 3.05) is 6.54 Å². The molecule has 0 spiro atoms. The standard InChI is InChI=1S/C11H19NO/c1-9-6-7-11(13)12(8-9)10-4-2-3-5-10/h9-10H,2-8H2,1H3. The van der Waals surface area contributed by atoms with Gasteiger partial charge in [0.15, 0.2) is 0 Å². The molecule has 0 aromatic carbocycles. The average Bonchev–Trinajstić information content (AvgIpc) is 2.61. The Balaban J connectivity index is 1.98. The molecular formula is C11H19NO. The van der Waals surface area contributed by atoms with Crippen LogP contribution in [0.4, 0.5) is 0 Å². The zero-order valence-electron chi connectivity index (χ0n) is 8.46. The Morgan fingerprint density at radius 1 is 1.23 bits per heavy atom. The van der Waals surface area contributed by atoms with Gasteiger partial charge >= 0.3 is 0 Å². The summed E-state index contributed by atoms with van der Waals surface area (Å²) < 4.78 is 0. The van der Waals surface area contributed by atoms with Gasteiger partial charge in [-0.05, 0) is 25.2 Å². The Morgan fingerprint density at radius 3 is 2.62 bits per heavy atom. The molecule has 0 radical (unpaired) electrons. The van der Waals surface area contributed by atoms with Crippen molar-refractivity contribution in [1.82, 2.24) is 4.90 Å². The molecule has 1 aliphatic carbocycles. The van der Waals surface area contributed by atoms with Gasteiger partial charge in [-0.1, -0.05) is 19.8 Å². The van der Waals surface area contributed by atoms with Gasteiger partial charge in [-0.15, -0.1) is 0 Å². The van der Waals surface area contributed by atoms with Gasteiger partial charge in [0.1, 0.15) is 0 Å². The van der Waals surface area contributed by atoms with E-state index in [0.717, 1.165) is 25.3 Å². The number of piperidine rings is 1. The van der Waals surface area contributed by atoms with Crippen molar-refractivity contribution in [2.45, 2.75) is 51.5 Å². The lowest BCUT2D eigenvalue weighted by atomic mass is 9.98. The van der Waals surface area contributed by atoms with Crippen molar-refractivity contribution in [3.63, 3.8) is 0 Å². The zero-order valence-corrected chi connectivity index (χ0v) is 8.46. The highest BCUT2D eigenvalue weighted by atomic mass is 16.2. The molecule has 74 valence electrons. The number of nitrogens with zero attached hydrogens (tertiary/aromatic N) is 1. The second-order valence-corrected chi connectivity index (χ2v) is 4.63. The molecule has 2 aliphatic rings. The highest BCUT2D eigenvalue weighted by molar-refractivity contribution is 5.77. The van der Waals surface area contributed by atoms with Gasteiger partial charge < -0.3 is 4.90 Å². The van der Waals surface area contributed by atoms with Crippen molar-refractivity contribution < 1.29 is 4.79 Å². The van der Waals surface area contributed by atoms with Crippen LogP contribution in [-0.2, 0) is 4.79 Å². The molecule has 0 bridgehead atoms. The number of carbonyl (C=O) groups excluding carboxylic acids is 1. The molecule has 1 aliphatic heterocycles. The smallest absolute Gasteiger partial charge is 0.222 e. The summed E-state index contributed by atoms with van der Waals surface area (Å²) in [7, 11) is 0. The number of rotatable bonds is 1. The molecule has 2 rings (SSSR count). The number of hydrogen-bond acceptors (Lipinski definition) is 1. The summed E-state index contributed by atoms with van der Waals surface area (Å²) >= 11 is 0. The predicted octanol–water partition coefficient (Wildman–Crippen LogP) is 2.19. The van der Waals surface area contributed by atoms with Gasteiger partial charge in [-0.25, -0.2) is 0 Å². The minimum atomic E-state index is 0.407. The fraction of sp³-hybridized carbons (Fsp3) is 0.909. The molecule has 1 saturated carbocycles. The zero-order chi connectivity index (χ0) is 9.26. The Labute approximate surface area is 80.3 Å². The summed E-state index contributed by atoms with van der Waals surface area (Å²) in [6.45, 7) is 3.28. The van der Waals surface area contributed by atoms with Gasteiger partial charge in [0.25, 0.3) is 0 Å². The molecule has 0 aromatic rings. The third-order valence-electron chi connectivity index (χ3n) is 3.45. The Bertz CT molecular complexity index is 196. The molecule has 2 nitrogen and oxygen atoms in total. The van der Waals surface area contributed by atoms with Crippen LogP contribution in [0.1, 0.15) is 45.4 Å². The van der Waals surface area contributed by atoms with Crippen molar-refractivity contribution >= 4 is 5.91 Å². The maximum atomic E-state index is 11.7. The van der Waals surface area contributed by atoms with Crippen LogP contribution in [0, 0.1) is 5.92 Å². The van der Waals surface area contributed by atoms with Gasteiger partial charge in [0, 0.05) is 19.0 Å². The van der Waals surface area contributed by atoms with Crippen LogP contribution in [0.15, 0.2) is 0 Å². The van der Waals surface area contributed by atoms with Gasteiger partial charge in [0.05, 0.1) is 0 Å². The molecule has 2 heteroatoms. The fourth-order valence-corrected chi connectivity index (χ4v) is 2.61. The van der Waals surface area contributed by atoms with E-state index in [-0.39, 0.29) is 0 Å². The molecule has 1 saturated heterocycles. The summed E-state index contributed by atoms with van der Waals surface area (Å²) in [6, 6.07) is 0.593. The van der Waals surface area contributed by atoms with E-state index in [2.05, 4.69) is 11.8 Å². The highest BCUT2D eigenvalue weighted by Gasteiger charge is 2.30. The highest BCUT2D eigenvalue weighted by Crippen LogP contribution is 2.28. The van der Waals surface area contributed by atoms with Crippen LogP contribution in [0.3, 0.4) is 0 Å². The maximum absolute atomic E-state index is 11.7. The van der Waals surface area contributed by atoms with Crippen molar-refractivity contribution in [3.05, 3.63) is 0 Å². The summed E-state index contributed by atoms with van der Waals surface area (Å²) in [4.78, 5) is 13.8. The molecule has 0 N–H and O–H groups in total. The SMILES string of the molecule is CC1CCC(=O)N(C2CCCC2)C1. The van der Waals surface area contributed by atoms with Gasteiger partial charge in [-0.3, -0.25) is 4.79 Å². The number of hydrogen-bond donors (Lipinski definition) is 0. The van der Waals surface area contributed by atoms with Crippen LogP contribution in [0.5, 0.6) is 0 Å². The molecule has 2 fully saturated rings. The van der Waals surface area contributed by atoms with E-state index in [9.17, 15) is 4.79 Å². The van der Waals surface area contributed by atoms with E-state index in [4.69, 9.17) is 0 Å². The topological polar surface area (TPSA) is 20.3 Å². The summed E-state index contributed by atoms with van der Waals surface area (Å²) in [5.74, 6) is 1.13. The van der Waals surface area contributed by atoms with E-state index in [1.807, 2.05) is 0 Å². The van der Waals surface area contributed by atoms with Crippen molar-refractivity contribution in [3.8, 4) is 0 Å². The average molecular weight is 181 g/mol. The van der Waals surface area contributed by atoms with E-state index >= 15 is 0 Å². The third-order valence-corrected chi connectivity index (χ3v) is 3.45. The fourth-order valence-electron chi connectivity index (χ4n) is 2.61. The van der Waals surface area contributed by atoms with E-state index < -0.39 is 0 Å². The first-order valence-electron chi connectivity index (χ1n) is 5.57. The molecule has 1 amide bonds. The summed E-state index contributed by atoms with van der Waals surface area (Å²) in [5, 5.41) is 0. The Kier molecular flexibility index (Phi) is 2.56. The normalized spacial score (nSPS) is 31.3. The van der Waals surface area contributed by atoms with Crippen molar-refractivity contribution in [2.24, 2.45) is 5.92 Å². The van der Waals surface area contributed by atoms with E-state index in [1.165, 1.54) is 25.7 Å². The molecular weight excluding hydrogens is 162 g/mol. The van der Waals surface area contributed by atoms with E-state index in [1.54, 1.807) is 0 Å². The number of amides is 1. The second kappa shape index (κ2) is 3.69. The quantitative estimate of drug-likeness (QED) is 0.607. The predicted molar refractivity (Wildman–Crippen MR) is 52.4 cm³/mol. The van der Waals surface area contributed by atoms with Gasteiger partial charge in [-0.2, -0.15) is 0 Å². The number of likely N-dealkylation sites (tertiary alicyclic amines) is 1. The lowest BCUT2D eigenvalue weighted by Crippen LogP contribution is -2.44. The lowest BCUT2D eigenvalue weighted by Gasteiger charge is -2.35. The largest absolute Gasteiger partial charge is 0.339 e. The maximum Gasteiger partial charge on any atom is 0.222 e. The van der Waals surface area contributed by atoms with Gasteiger partial charge in [0.2, 0.25) is 5.91 Å². The minimum absolute atomic E-state index is 0.407. The Morgan fingerprint density at radius 2 is 1.92 bits per heavy atom. The molecule has 1 atom stereocenters.